The fraction of sp³-hybridized carbons (Fsp3) is 0.500. The molecule has 0 saturated carbocycles. The van der Waals surface area contributed by atoms with Crippen LogP contribution >= 0.6 is 0 Å². The molecule has 4 nitrogen and oxygen atoms in total. The van der Waals surface area contributed by atoms with Gasteiger partial charge in [0.25, 0.3) is 0 Å². The van der Waals surface area contributed by atoms with Crippen LogP contribution in [0.5, 0.6) is 0 Å². The molecule has 2 heterocycles. The number of rotatable bonds is 2. The lowest BCUT2D eigenvalue weighted by molar-refractivity contribution is -0.221. The largest absolute Gasteiger partial charge is 0.416 e. The van der Waals surface area contributed by atoms with Crippen molar-refractivity contribution in [3.05, 3.63) is 23.9 Å². The van der Waals surface area contributed by atoms with Crippen LogP contribution in [0.25, 0.3) is 0 Å². The highest BCUT2D eigenvalue weighted by Crippen LogP contribution is 2.27. The second-order valence-corrected chi connectivity index (χ2v) is 4.31. The Bertz CT molecular complexity index is 459. The summed E-state index contributed by atoms with van der Waals surface area (Å²) in [6.07, 6.45) is -4.80. The molecule has 0 amide bonds. The van der Waals surface area contributed by atoms with E-state index in [2.05, 4.69) is 4.98 Å². The molecule has 0 bridgehead atoms. The fourth-order valence-electron chi connectivity index (χ4n) is 1.84. The van der Waals surface area contributed by atoms with E-state index in [1.807, 2.05) is 0 Å². The Kier molecular flexibility index (Phi) is 3.75. The van der Waals surface area contributed by atoms with Crippen molar-refractivity contribution in [1.82, 2.24) is 4.98 Å². The van der Waals surface area contributed by atoms with Gasteiger partial charge in [0.05, 0.1) is 13.2 Å². The number of halogens is 3. The second-order valence-electron chi connectivity index (χ2n) is 4.31. The maximum atomic E-state index is 12.6. The molecule has 0 aliphatic carbocycles. The Hall–Kier alpha value is -1.63. The number of pyridine rings is 1. The normalized spacial score (nSPS) is 20.4. The maximum absolute atomic E-state index is 12.6. The van der Waals surface area contributed by atoms with Gasteiger partial charge in [0.2, 0.25) is 0 Å². The zero-order valence-electron chi connectivity index (χ0n) is 10.3. The molecule has 1 aromatic rings. The number of ketones is 1. The number of carbonyl (C=O) groups excluding carboxylic acids is 1. The standard InChI is InChI=1S/C12H13F3N2O2/c1-8(18)9-2-3-11(16-6-9)17-4-5-19-10(7-17)12(13,14)15/h2-3,6,10H,4-5,7H2,1H3/t10-/m1/s1. The highest BCUT2D eigenvalue weighted by Gasteiger charge is 2.43. The highest BCUT2D eigenvalue weighted by molar-refractivity contribution is 5.93. The van der Waals surface area contributed by atoms with Gasteiger partial charge in [-0.25, -0.2) is 4.98 Å². The quantitative estimate of drug-likeness (QED) is 0.774. The Balaban J connectivity index is 2.11. The van der Waals surface area contributed by atoms with Gasteiger partial charge in [-0.3, -0.25) is 4.79 Å². The molecule has 7 heteroatoms. The molecule has 0 spiro atoms. The van der Waals surface area contributed by atoms with Crippen molar-refractivity contribution in [2.75, 3.05) is 24.6 Å². The fourth-order valence-corrected chi connectivity index (χ4v) is 1.84. The highest BCUT2D eigenvalue weighted by atomic mass is 19.4. The topological polar surface area (TPSA) is 42.4 Å². The van der Waals surface area contributed by atoms with Crippen molar-refractivity contribution < 1.29 is 22.7 Å². The first kappa shape index (κ1) is 13.8. The summed E-state index contributed by atoms with van der Waals surface area (Å²) >= 11 is 0. The Morgan fingerprint density at radius 2 is 2.21 bits per heavy atom. The number of aromatic nitrogens is 1. The van der Waals surface area contributed by atoms with Gasteiger partial charge in [0.1, 0.15) is 5.82 Å². The van der Waals surface area contributed by atoms with E-state index in [1.165, 1.54) is 18.0 Å². The Morgan fingerprint density at radius 3 is 2.74 bits per heavy atom. The molecule has 104 valence electrons. The third-order valence-electron chi connectivity index (χ3n) is 2.91. The van der Waals surface area contributed by atoms with Gasteiger partial charge in [0, 0.05) is 18.3 Å². The second kappa shape index (κ2) is 5.16. The first-order valence-electron chi connectivity index (χ1n) is 5.78. The summed E-state index contributed by atoms with van der Waals surface area (Å²) in [6, 6.07) is 3.11. The molecule has 1 aromatic heterocycles. The van der Waals surface area contributed by atoms with Crippen LogP contribution in [0, 0.1) is 0 Å². The average Bonchev–Trinajstić information content (AvgIpc) is 2.38. The van der Waals surface area contributed by atoms with Gasteiger partial charge < -0.3 is 9.64 Å². The van der Waals surface area contributed by atoms with Gasteiger partial charge >= 0.3 is 6.18 Å². The number of Topliss-reactive ketones (excluding diaryl/α,β-unsaturated/α-hetero) is 1. The minimum absolute atomic E-state index is 0.000314. The summed E-state index contributed by atoms with van der Waals surface area (Å²) in [5.74, 6) is 0.289. The first-order valence-corrected chi connectivity index (χ1v) is 5.78. The van der Waals surface area contributed by atoms with Gasteiger partial charge in [-0.15, -0.1) is 0 Å². The summed E-state index contributed by atoms with van der Waals surface area (Å²) in [7, 11) is 0. The molecule has 0 unspecified atom stereocenters. The lowest BCUT2D eigenvalue weighted by Crippen LogP contribution is -2.49. The zero-order valence-corrected chi connectivity index (χ0v) is 10.3. The number of carbonyl (C=O) groups is 1. The Morgan fingerprint density at radius 1 is 1.47 bits per heavy atom. The van der Waals surface area contributed by atoms with Crippen molar-refractivity contribution in [2.24, 2.45) is 0 Å². The van der Waals surface area contributed by atoms with Crippen molar-refractivity contribution in [1.29, 1.82) is 0 Å². The van der Waals surface area contributed by atoms with E-state index in [4.69, 9.17) is 4.74 Å². The van der Waals surface area contributed by atoms with Crippen LogP contribution in [-0.4, -0.2) is 42.7 Å². The number of alkyl halides is 3. The summed E-state index contributed by atoms with van der Waals surface area (Å²) in [6.45, 7) is 1.47. The Labute approximate surface area is 108 Å². The molecule has 1 fully saturated rings. The van der Waals surface area contributed by atoms with Crippen molar-refractivity contribution in [2.45, 2.75) is 19.2 Å². The third-order valence-corrected chi connectivity index (χ3v) is 2.91. The lowest BCUT2D eigenvalue weighted by atomic mass is 10.2. The summed E-state index contributed by atoms with van der Waals surface area (Å²) in [5.41, 5.74) is 0.435. The molecular weight excluding hydrogens is 261 g/mol. The number of hydrogen-bond donors (Lipinski definition) is 0. The van der Waals surface area contributed by atoms with E-state index in [0.29, 0.717) is 17.9 Å². The number of morpholine rings is 1. The van der Waals surface area contributed by atoms with Gasteiger partial charge in [-0.2, -0.15) is 13.2 Å². The smallest absolute Gasteiger partial charge is 0.365 e. The summed E-state index contributed by atoms with van der Waals surface area (Å²) < 4.78 is 42.5. The minimum atomic E-state index is -4.38. The van der Waals surface area contributed by atoms with Crippen LogP contribution in [0.3, 0.4) is 0 Å². The molecule has 0 radical (unpaired) electrons. The third kappa shape index (κ3) is 3.23. The molecule has 1 saturated heterocycles. The molecule has 1 aliphatic heterocycles. The molecule has 2 rings (SSSR count). The molecule has 19 heavy (non-hydrogen) atoms. The number of hydrogen-bond acceptors (Lipinski definition) is 4. The summed E-state index contributed by atoms with van der Waals surface area (Å²) in [4.78, 5) is 16.6. The summed E-state index contributed by atoms with van der Waals surface area (Å²) in [5, 5.41) is 0. The van der Waals surface area contributed by atoms with Crippen molar-refractivity contribution >= 4 is 11.6 Å². The van der Waals surface area contributed by atoms with Gasteiger partial charge in [-0.1, -0.05) is 0 Å². The number of nitrogens with zero attached hydrogens (tertiary/aromatic N) is 2. The molecule has 0 N–H and O–H groups in total. The van der Waals surface area contributed by atoms with Crippen LogP contribution in [0.15, 0.2) is 18.3 Å². The van der Waals surface area contributed by atoms with Crippen LogP contribution in [0.1, 0.15) is 17.3 Å². The lowest BCUT2D eigenvalue weighted by Gasteiger charge is -2.34. The predicted octanol–water partition coefficient (Wildman–Crippen LogP) is 2.05. The molecule has 1 aliphatic rings. The zero-order chi connectivity index (χ0) is 14.0. The SMILES string of the molecule is CC(=O)c1ccc(N2CCO[C@@H](C(F)(F)F)C2)nc1. The average molecular weight is 274 g/mol. The first-order chi connectivity index (χ1) is 8.88. The van der Waals surface area contributed by atoms with Crippen LogP contribution in [0.4, 0.5) is 19.0 Å². The molecule has 1 atom stereocenters. The van der Waals surface area contributed by atoms with E-state index < -0.39 is 12.3 Å². The van der Waals surface area contributed by atoms with E-state index in [1.54, 1.807) is 12.1 Å². The van der Waals surface area contributed by atoms with E-state index in [9.17, 15) is 18.0 Å². The maximum Gasteiger partial charge on any atom is 0.416 e. The minimum Gasteiger partial charge on any atom is -0.365 e. The molecular formula is C12H13F3N2O2. The van der Waals surface area contributed by atoms with Crippen LogP contribution < -0.4 is 4.90 Å². The van der Waals surface area contributed by atoms with E-state index >= 15 is 0 Å². The van der Waals surface area contributed by atoms with E-state index in [-0.39, 0.29) is 18.9 Å². The van der Waals surface area contributed by atoms with Crippen molar-refractivity contribution in [3.8, 4) is 0 Å². The van der Waals surface area contributed by atoms with Crippen LogP contribution in [0.2, 0.25) is 0 Å². The van der Waals surface area contributed by atoms with E-state index in [0.717, 1.165) is 0 Å². The van der Waals surface area contributed by atoms with Crippen molar-refractivity contribution in [3.63, 3.8) is 0 Å². The van der Waals surface area contributed by atoms with Gasteiger partial charge in [-0.05, 0) is 19.1 Å². The monoisotopic (exact) mass is 274 g/mol. The number of anilines is 1. The predicted molar refractivity (Wildman–Crippen MR) is 62.2 cm³/mol. The van der Waals surface area contributed by atoms with Crippen LogP contribution in [-0.2, 0) is 4.74 Å². The number of ether oxygens (including phenoxy) is 1. The molecule has 0 aromatic carbocycles. The van der Waals surface area contributed by atoms with Gasteiger partial charge in [0.15, 0.2) is 11.9 Å².